The van der Waals surface area contributed by atoms with E-state index in [4.69, 9.17) is 15.2 Å². The van der Waals surface area contributed by atoms with E-state index in [1.165, 1.54) is 6.20 Å². The fraction of sp³-hybridized carbons (Fsp3) is 0.150. The van der Waals surface area contributed by atoms with Crippen molar-refractivity contribution in [2.45, 2.75) is 6.42 Å². The highest BCUT2D eigenvalue weighted by Gasteiger charge is 2.13. The van der Waals surface area contributed by atoms with E-state index in [1.807, 2.05) is 42.5 Å². The molecule has 2 aromatic carbocycles. The van der Waals surface area contributed by atoms with Crippen molar-refractivity contribution in [2.24, 2.45) is 5.73 Å². The third-order valence-electron chi connectivity index (χ3n) is 3.91. The minimum absolute atomic E-state index is 0.228. The number of nitrogens with zero attached hydrogens (tertiary/aromatic N) is 2. The summed E-state index contributed by atoms with van der Waals surface area (Å²) in [5, 5.41) is 3.12. The number of amides is 1. The number of hydrogen-bond donors (Lipinski definition) is 2. The summed E-state index contributed by atoms with van der Waals surface area (Å²) in [5.74, 6) is 1.67. The lowest BCUT2D eigenvalue weighted by Crippen LogP contribution is -2.16. The molecule has 0 radical (unpaired) electrons. The van der Waals surface area contributed by atoms with Gasteiger partial charge in [-0.15, -0.1) is 0 Å². The third kappa shape index (κ3) is 4.52. The first-order chi connectivity index (χ1) is 13.1. The summed E-state index contributed by atoms with van der Waals surface area (Å²) in [6.07, 6.45) is 1.88. The summed E-state index contributed by atoms with van der Waals surface area (Å²) in [7, 11) is 3.19. The molecule has 1 amide bonds. The van der Waals surface area contributed by atoms with Crippen LogP contribution in [-0.4, -0.2) is 30.1 Å². The van der Waals surface area contributed by atoms with Crippen LogP contribution >= 0.6 is 0 Å². The molecule has 0 spiro atoms. The van der Waals surface area contributed by atoms with Crippen LogP contribution in [0.2, 0.25) is 0 Å². The lowest BCUT2D eigenvalue weighted by Gasteiger charge is -2.11. The molecule has 0 aliphatic rings. The van der Waals surface area contributed by atoms with E-state index in [1.54, 1.807) is 20.3 Å². The van der Waals surface area contributed by atoms with Crippen LogP contribution in [0.3, 0.4) is 0 Å². The van der Waals surface area contributed by atoms with E-state index in [0.29, 0.717) is 29.6 Å². The van der Waals surface area contributed by atoms with Crippen molar-refractivity contribution in [3.8, 4) is 11.5 Å². The highest BCUT2D eigenvalue weighted by molar-refractivity contribution is 5.97. The number of benzene rings is 2. The molecule has 1 heterocycles. The Balaban J connectivity index is 1.93. The Morgan fingerprint density at radius 1 is 1.07 bits per heavy atom. The number of nitrogens with two attached hydrogens (primary N) is 1. The lowest BCUT2D eigenvalue weighted by molar-refractivity contribution is 0.100. The maximum atomic E-state index is 11.7. The molecule has 0 unspecified atom stereocenters. The number of para-hydroxylation sites is 1. The topological polar surface area (TPSA) is 99.4 Å². The minimum atomic E-state index is -0.594. The van der Waals surface area contributed by atoms with Gasteiger partial charge in [-0.2, -0.15) is 0 Å². The maximum Gasteiger partial charge on any atom is 0.254 e. The van der Waals surface area contributed by atoms with Crippen molar-refractivity contribution in [1.82, 2.24) is 9.97 Å². The number of nitrogens with one attached hydrogen (secondary N) is 1. The molecule has 138 valence electrons. The Morgan fingerprint density at radius 2 is 1.74 bits per heavy atom. The molecule has 7 nitrogen and oxygen atoms in total. The number of hydrogen-bond acceptors (Lipinski definition) is 6. The molecule has 0 saturated heterocycles. The second-order valence-corrected chi connectivity index (χ2v) is 5.80. The number of carbonyl (C=O) groups excluding carboxylic acids is 1. The SMILES string of the molecule is COc1cc(Cc2ncc(C(N)=O)c(Nc3ccccc3)n2)cc(OC)c1. The van der Waals surface area contributed by atoms with Gasteiger partial charge in [-0.05, 0) is 29.8 Å². The summed E-state index contributed by atoms with van der Waals surface area (Å²) in [4.78, 5) is 20.5. The predicted molar refractivity (Wildman–Crippen MR) is 103 cm³/mol. The standard InChI is InChI=1S/C20H20N4O3/c1-26-15-8-13(9-16(11-15)27-2)10-18-22-12-17(19(21)25)20(24-18)23-14-6-4-3-5-7-14/h3-9,11-12H,10H2,1-2H3,(H2,21,25)(H,22,23,24). The number of rotatable bonds is 7. The van der Waals surface area contributed by atoms with Gasteiger partial charge in [0.2, 0.25) is 0 Å². The quantitative estimate of drug-likeness (QED) is 0.669. The molecule has 0 aliphatic carbocycles. The fourth-order valence-corrected chi connectivity index (χ4v) is 2.59. The number of carbonyl (C=O) groups is 1. The summed E-state index contributed by atoms with van der Waals surface area (Å²) in [6, 6.07) is 15.0. The van der Waals surface area contributed by atoms with Crippen molar-refractivity contribution < 1.29 is 14.3 Å². The molecule has 0 saturated carbocycles. The van der Waals surface area contributed by atoms with Gasteiger partial charge in [0, 0.05) is 24.4 Å². The van der Waals surface area contributed by atoms with Crippen molar-refractivity contribution in [3.63, 3.8) is 0 Å². The van der Waals surface area contributed by atoms with Gasteiger partial charge in [-0.3, -0.25) is 4.79 Å². The van der Waals surface area contributed by atoms with Gasteiger partial charge in [0.25, 0.3) is 5.91 Å². The van der Waals surface area contributed by atoms with Gasteiger partial charge in [0.1, 0.15) is 28.7 Å². The van der Waals surface area contributed by atoms with Gasteiger partial charge < -0.3 is 20.5 Å². The number of aromatic nitrogens is 2. The Labute approximate surface area is 157 Å². The molecule has 3 rings (SSSR count). The first-order valence-corrected chi connectivity index (χ1v) is 8.29. The Kier molecular flexibility index (Phi) is 5.51. The van der Waals surface area contributed by atoms with Crippen LogP contribution < -0.4 is 20.5 Å². The number of primary amides is 1. The summed E-state index contributed by atoms with van der Waals surface area (Å²) >= 11 is 0. The monoisotopic (exact) mass is 364 g/mol. The minimum Gasteiger partial charge on any atom is -0.497 e. The molecule has 0 bridgehead atoms. The van der Waals surface area contributed by atoms with E-state index in [0.717, 1.165) is 11.3 Å². The molecule has 0 aliphatic heterocycles. The summed E-state index contributed by atoms with van der Waals surface area (Å²) < 4.78 is 10.6. The van der Waals surface area contributed by atoms with E-state index >= 15 is 0 Å². The zero-order chi connectivity index (χ0) is 19.2. The van der Waals surface area contributed by atoms with Gasteiger partial charge in [-0.1, -0.05) is 18.2 Å². The van der Waals surface area contributed by atoms with Crippen molar-refractivity contribution in [3.05, 3.63) is 71.7 Å². The molecule has 7 heteroatoms. The molecule has 0 fully saturated rings. The number of anilines is 2. The predicted octanol–water partition coefficient (Wildman–Crippen LogP) is 2.93. The van der Waals surface area contributed by atoms with Crippen LogP contribution in [0.1, 0.15) is 21.7 Å². The second-order valence-electron chi connectivity index (χ2n) is 5.80. The second kappa shape index (κ2) is 8.18. The van der Waals surface area contributed by atoms with E-state index < -0.39 is 5.91 Å². The normalized spacial score (nSPS) is 10.3. The Morgan fingerprint density at radius 3 is 2.33 bits per heavy atom. The zero-order valence-electron chi connectivity index (χ0n) is 15.1. The van der Waals surface area contributed by atoms with Crippen LogP contribution in [0.15, 0.2) is 54.7 Å². The molecule has 3 aromatic rings. The van der Waals surface area contributed by atoms with Crippen molar-refractivity contribution in [2.75, 3.05) is 19.5 Å². The molecule has 0 atom stereocenters. The first kappa shape index (κ1) is 18.2. The van der Waals surface area contributed by atoms with Crippen LogP contribution in [-0.2, 0) is 6.42 Å². The van der Waals surface area contributed by atoms with Crippen LogP contribution in [0, 0.1) is 0 Å². The summed E-state index contributed by atoms with van der Waals surface area (Å²) in [6.45, 7) is 0. The zero-order valence-corrected chi connectivity index (χ0v) is 15.1. The van der Waals surface area contributed by atoms with Crippen LogP contribution in [0.5, 0.6) is 11.5 Å². The molecular weight excluding hydrogens is 344 g/mol. The van der Waals surface area contributed by atoms with E-state index in [9.17, 15) is 4.79 Å². The highest BCUT2D eigenvalue weighted by atomic mass is 16.5. The molecule has 27 heavy (non-hydrogen) atoms. The van der Waals surface area contributed by atoms with Gasteiger partial charge in [0.05, 0.1) is 14.2 Å². The number of methoxy groups -OCH3 is 2. The third-order valence-corrected chi connectivity index (χ3v) is 3.91. The van der Waals surface area contributed by atoms with E-state index in [2.05, 4.69) is 15.3 Å². The van der Waals surface area contributed by atoms with E-state index in [-0.39, 0.29) is 5.56 Å². The average molecular weight is 364 g/mol. The Bertz CT molecular complexity index is 923. The largest absolute Gasteiger partial charge is 0.497 e. The lowest BCUT2D eigenvalue weighted by atomic mass is 10.1. The average Bonchev–Trinajstić information content (AvgIpc) is 2.68. The summed E-state index contributed by atoms with van der Waals surface area (Å²) in [5.41, 5.74) is 7.40. The Hall–Kier alpha value is -3.61. The molecular formula is C20H20N4O3. The molecule has 1 aromatic heterocycles. The van der Waals surface area contributed by atoms with Crippen molar-refractivity contribution >= 4 is 17.4 Å². The van der Waals surface area contributed by atoms with Gasteiger partial charge >= 0.3 is 0 Å². The van der Waals surface area contributed by atoms with Gasteiger partial charge in [0.15, 0.2) is 0 Å². The smallest absolute Gasteiger partial charge is 0.254 e. The van der Waals surface area contributed by atoms with Crippen molar-refractivity contribution in [1.29, 1.82) is 0 Å². The highest BCUT2D eigenvalue weighted by Crippen LogP contribution is 2.24. The molecule has 3 N–H and O–H groups in total. The number of ether oxygens (including phenoxy) is 2. The van der Waals surface area contributed by atoms with Gasteiger partial charge in [-0.25, -0.2) is 9.97 Å². The maximum absolute atomic E-state index is 11.7. The van der Waals surface area contributed by atoms with Crippen LogP contribution in [0.25, 0.3) is 0 Å². The van der Waals surface area contributed by atoms with Crippen LogP contribution in [0.4, 0.5) is 11.5 Å². The first-order valence-electron chi connectivity index (χ1n) is 8.29. The fourth-order valence-electron chi connectivity index (χ4n) is 2.59.